The maximum Gasteiger partial charge on any atom is 0.142 e. The highest BCUT2D eigenvalue weighted by Crippen LogP contribution is 2.39. The first kappa shape index (κ1) is 15.9. The molecule has 2 unspecified atom stereocenters. The van der Waals surface area contributed by atoms with E-state index in [-0.39, 0.29) is 12.1 Å². The topological polar surface area (TPSA) is 41.5 Å². The fourth-order valence-corrected chi connectivity index (χ4v) is 3.11. The Kier molecular flexibility index (Phi) is 5.56. The Balaban J connectivity index is 2.05. The highest BCUT2D eigenvalue weighted by molar-refractivity contribution is 6.35. The first-order valence-electron chi connectivity index (χ1n) is 7.00. The molecule has 2 rings (SSSR count). The molecule has 0 fully saturated rings. The lowest BCUT2D eigenvalue weighted by molar-refractivity contribution is 0.138. The molecule has 0 aliphatic carbocycles. The molecule has 5 heteroatoms. The highest BCUT2D eigenvalue weighted by atomic mass is 35.5. The van der Waals surface area contributed by atoms with Crippen molar-refractivity contribution >= 4 is 23.2 Å². The first-order chi connectivity index (χ1) is 9.47. The van der Waals surface area contributed by atoms with Crippen molar-refractivity contribution in [1.29, 1.82) is 0 Å². The predicted octanol–water partition coefficient (Wildman–Crippen LogP) is 3.81. The summed E-state index contributed by atoms with van der Waals surface area (Å²) in [6.07, 6.45) is 1.30. The number of halogens is 2. The van der Waals surface area contributed by atoms with Gasteiger partial charge in [0, 0.05) is 29.6 Å². The van der Waals surface area contributed by atoms with Gasteiger partial charge in [-0.1, -0.05) is 37.0 Å². The van der Waals surface area contributed by atoms with Crippen molar-refractivity contribution in [2.75, 3.05) is 13.2 Å². The lowest BCUT2D eigenvalue weighted by atomic mass is 9.99. The molecule has 1 aliphatic rings. The van der Waals surface area contributed by atoms with Crippen LogP contribution >= 0.6 is 23.2 Å². The van der Waals surface area contributed by atoms with Crippen LogP contribution < -0.4 is 10.1 Å². The van der Waals surface area contributed by atoms with Gasteiger partial charge in [0.15, 0.2) is 0 Å². The van der Waals surface area contributed by atoms with E-state index in [2.05, 4.69) is 19.2 Å². The van der Waals surface area contributed by atoms with Gasteiger partial charge in [-0.25, -0.2) is 0 Å². The number of nitrogens with one attached hydrogen (secondary N) is 1. The van der Waals surface area contributed by atoms with Crippen molar-refractivity contribution in [3.05, 3.63) is 27.7 Å². The van der Waals surface area contributed by atoms with Gasteiger partial charge in [-0.05, 0) is 24.5 Å². The molecule has 112 valence electrons. The van der Waals surface area contributed by atoms with E-state index in [1.54, 1.807) is 6.07 Å². The van der Waals surface area contributed by atoms with Gasteiger partial charge in [-0.3, -0.25) is 0 Å². The lowest BCUT2D eigenvalue weighted by Gasteiger charge is -2.28. The van der Waals surface area contributed by atoms with Crippen LogP contribution in [-0.2, 0) is 0 Å². The Hall–Kier alpha value is -0.480. The van der Waals surface area contributed by atoms with Gasteiger partial charge in [0.2, 0.25) is 0 Å². The van der Waals surface area contributed by atoms with E-state index in [1.807, 2.05) is 6.07 Å². The van der Waals surface area contributed by atoms with Gasteiger partial charge in [0.25, 0.3) is 0 Å². The van der Waals surface area contributed by atoms with Crippen molar-refractivity contribution in [2.45, 2.75) is 38.8 Å². The average molecular weight is 318 g/mol. The van der Waals surface area contributed by atoms with Gasteiger partial charge in [0.05, 0.1) is 17.7 Å². The molecule has 0 saturated heterocycles. The number of aliphatic hydroxyl groups is 1. The Labute approximate surface area is 130 Å². The van der Waals surface area contributed by atoms with E-state index < -0.39 is 0 Å². The Morgan fingerprint density at radius 2 is 2.15 bits per heavy atom. The van der Waals surface area contributed by atoms with E-state index in [9.17, 15) is 5.11 Å². The second kappa shape index (κ2) is 6.99. The minimum atomic E-state index is -0.337. The lowest BCUT2D eigenvalue weighted by Crippen LogP contribution is -2.33. The number of aliphatic hydroxyl groups excluding tert-OH is 1. The van der Waals surface area contributed by atoms with Crippen LogP contribution in [0, 0.1) is 5.92 Å². The summed E-state index contributed by atoms with van der Waals surface area (Å²) in [6, 6.07) is 3.70. The summed E-state index contributed by atoms with van der Waals surface area (Å²) in [5.74, 6) is 1.19. The molecule has 1 aliphatic heterocycles. The van der Waals surface area contributed by atoms with Crippen molar-refractivity contribution in [3.63, 3.8) is 0 Å². The van der Waals surface area contributed by atoms with Gasteiger partial charge < -0.3 is 15.2 Å². The number of benzene rings is 1. The summed E-state index contributed by atoms with van der Waals surface area (Å²) in [4.78, 5) is 0. The zero-order chi connectivity index (χ0) is 14.7. The van der Waals surface area contributed by atoms with E-state index in [4.69, 9.17) is 27.9 Å². The average Bonchev–Trinajstić information content (AvgIpc) is 2.35. The van der Waals surface area contributed by atoms with E-state index >= 15 is 0 Å². The molecule has 0 aromatic heterocycles. The third kappa shape index (κ3) is 4.01. The normalized spacial score (nSPS) is 19.6. The van der Waals surface area contributed by atoms with Gasteiger partial charge >= 0.3 is 0 Å². The van der Waals surface area contributed by atoms with Crippen LogP contribution in [0.2, 0.25) is 10.0 Å². The maximum absolute atomic E-state index is 9.96. The van der Waals surface area contributed by atoms with Crippen molar-refractivity contribution < 1.29 is 9.84 Å². The van der Waals surface area contributed by atoms with Crippen LogP contribution in [0.1, 0.15) is 38.3 Å². The maximum atomic E-state index is 9.96. The molecule has 0 radical (unpaired) electrons. The fraction of sp³-hybridized carbons (Fsp3) is 0.600. The summed E-state index contributed by atoms with van der Waals surface area (Å²) < 4.78 is 5.62. The largest absolute Gasteiger partial charge is 0.492 e. The number of rotatable bonds is 5. The van der Waals surface area contributed by atoms with Gasteiger partial charge in [-0.2, -0.15) is 0 Å². The molecule has 0 amide bonds. The molecule has 2 N–H and O–H groups in total. The molecule has 1 heterocycles. The van der Waals surface area contributed by atoms with Gasteiger partial charge in [0.1, 0.15) is 5.75 Å². The molecule has 0 bridgehead atoms. The zero-order valence-electron chi connectivity index (χ0n) is 11.8. The van der Waals surface area contributed by atoms with E-state index in [0.717, 1.165) is 18.4 Å². The quantitative estimate of drug-likeness (QED) is 0.867. The van der Waals surface area contributed by atoms with Crippen molar-refractivity contribution in [1.82, 2.24) is 5.32 Å². The molecule has 2 atom stereocenters. The summed E-state index contributed by atoms with van der Waals surface area (Å²) in [5, 5.41) is 14.5. The molecule has 1 aromatic rings. The second-order valence-corrected chi connectivity index (χ2v) is 6.53. The van der Waals surface area contributed by atoms with Gasteiger partial charge in [-0.15, -0.1) is 0 Å². The van der Waals surface area contributed by atoms with Crippen LogP contribution in [0.3, 0.4) is 0 Å². The molecular formula is C15H21Cl2NO2. The highest BCUT2D eigenvalue weighted by Gasteiger charge is 2.24. The van der Waals surface area contributed by atoms with Crippen LogP contribution in [0.4, 0.5) is 0 Å². The summed E-state index contributed by atoms with van der Waals surface area (Å²) in [7, 11) is 0. The minimum absolute atomic E-state index is 0.122. The van der Waals surface area contributed by atoms with Crippen LogP contribution in [0.5, 0.6) is 5.75 Å². The monoisotopic (exact) mass is 317 g/mol. The van der Waals surface area contributed by atoms with Crippen LogP contribution in [0.25, 0.3) is 0 Å². The third-order valence-corrected chi connectivity index (χ3v) is 3.91. The molecule has 0 saturated carbocycles. The Morgan fingerprint density at radius 3 is 2.85 bits per heavy atom. The van der Waals surface area contributed by atoms with Crippen LogP contribution in [0.15, 0.2) is 12.1 Å². The standard InChI is InChI=1S/C15H21Cl2NO2/c1-9(2)5-11(19)8-18-14-3-4-20-15-12(14)6-10(16)7-13(15)17/h6-7,9,11,14,18-19H,3-5,8H2,1-2H3. The van der Waals surface area contributed by atoms with Crippen molar-refractivity contribution in [3.8, 4) is 5.75 Å². The number of ether oxygens (including phenoxy) is 1. The van der Waals surface area contributed by atoms with Crippen LogP contribution in [-0.4, -0.2) is 24.4 Å². The summed E-state index contributed by atoms with van der Waals surface area (Å²) in [5.41, 5.74) is 0.977. The molecular weight excluding hydrogens is 297 g/mol. The van der Waals surface area contributed by atoms with Crippen molar-refractivity contribution in [2.24, 2.45) is 5.92 Å². The zero-order valence-corrected chi connectivity index (χ0v) is 13.3. The molecule has 3 nitrogen and oxygen atoms in total. The Bertz CT molecular complexity index is 465. The third-order valence-electron chi connectivity index (χ3n) is 3.41. The van der Waals surface area contributed by atoms with E-state index in [1.165, 1.54) is 0 Å². The predicted molar refractivity (Wildman–Crippen MR) is 82.8 cm³/mol. The first-order valence-corrected chi connectivity index (χ1v) is 7.76. The number of hydrogen-bond acceptors (Lipinski definition) is 3. The second-order valence-electron chi connectivity index (χ2n) is 5.69. The fourth-order valence-electron chi connectivity index (χ4n) is 2.54. The number of fused-ring (bicyclic) bond motifs is 1. The molecule has 20 heavy (non-hydrogen) atoms. The summed E-state index contributed by atoms with van der Waals surface area (Å²) >= 11 is 12.2. The summed E-state index contributed by atoms with van der Waals surface area (Å²) in [6.45, 7) is 5.39. The number of hydrogen-bond donors (Lipinski definition) is 2. The smallest absolute Gasteiger partial charge is 0.142 e. The SMILES string of the molecule is CC(C)CC(O)CNC1CCOc2c(Cl)cc(Cl)cc21. The molecule has 0 spiro atoms. The molecule has 1 aromatic carbocycles. The minimum Gasteiger partial charge on any atom is -0.492 e. The Morgan fingerprint density at radius 1 is 1.40 bits per heavy atom. The van der Waals surface area contributed by atoms with E-state index in [0.29, 0.717) is 34.9 Å².